The minimum Gasteiger partial charge on any atom is -0.355 e. The fraction of sp³-hybridized carbons (Fsp3) is 0.600. The molecule has 4 rings (SSSR count). The summed E-state index contributed by atoms with van der Waals surface area (Å²) in [4.78, 5) is 30.4. The summed E-state index contributed by atoms with van der Waals surface area (Å²) in [5.41, 5.74) is 0.932. The smallest absolute Gasteiger partial charge is 0.222 e. The molecule has 0 bridgehead atoms. The van der Waals surface area contributed by atoms with Gasteiger partial charge in [-0.3, -0.25) is 4.79 Å². The summed E-state index contributed by atoms with van der Waals surface area (Å²) in [6, 6.07) is 4.27. The molecule has 138 valence electrons. The van der Waals surface area contributed by atoms with Crippen molar-refractivity contribution in [2.75, 3.05) is 24.5 Å². The Morgan fingerprint density at radius 2 is 2.04 bits per heavy atom. The summed E-state index contributed by atoms with van der Waals surface area (Å²) in [6.07, 6.45) is 5.73. The second-order valence-electron chi connectivity index (χ2n) is 8.11. The first-order valence-corrected chi connectivity index (χ1v) is 9.61. The zero-order chi connectivity index (χ0) is 18.3. The average molecular weight is 353 g/mol. The quantitative estimate of drug-likeness (QED) is 0.831. The van der Waals surface area contributed by atoms with E-state index in [4.69, 9.17) is 4.98 Å². The van der Waals surface area contributed by atoms with E-state index in [0.29, 0.717) is 12.3 Å². The molecular formula is C20H27N5O. The molecule has 0 N–H and O–H groups in total. The predicted molar refractivity (Wildman–Crippen MR) is 102 cm³/mol. The van der Waals surface area contributed by atoms with Crippen LogP contribution >= 0.6 is 0 Å². The maximum atomic E-state index is 12.3. The van der Waals surface area contributed by atoms with E-state index < -0.39 is 0 Å². The van der Waals surface area contributed by atoms with Crippen molar-refractivity contribution in [2.45, 2.75) is 52.5 Å². The molecule has 1 unspecified atom stereocenters. The molecule has 2 saturated heterocycles. The number of carbonyl (C=O) groups is 1. The Morgan fingerprint density at radius 1 is 1.19 bits per heavy atom. The minimum absolute atomic E-state index is 0.170. The summed E-state index contributed by atoms with van der Waals surface area (Å²) < 4.78 is 0. The summed E-state index contributed by atoms with van der Waals surface area (Å²) >= 11 is 0. The molecular weight excluding hydrogens is 326 g/mol. The van der Waals surface area contributed by atoms with Crippen molar-refractivity contribution in [1.29, 1.82) is 0 Å². The van der Waals surface area contributed by atoms with Crippen molar-refractivity contribution in [1.82, 2.24) is 19.9 Å². The highest BCUT2D eigenvalue weighted by molar-refractivity contribution is 5.87. The minimum atomic E-state index is 0.170. The Bertz CT molecular complexity index is 836. The summed E-state index contributed by atoms with van der Waals surface area (Å²) in [6.45, 7) is 8.97. The van der Waals surface area contributed by atoms with E-state index in [1.165, 1.54) is 6.42 Å². The predicted octanol–water partition coefficient (Wildman–Crippen LogP) is 2.95. The SMILES string of the molecule is Cc1nc(N2CCCC3(CCC(=O)N(C(C)C)C3)C2)c2cccnc2n1. The fourth-order valence-corrected chi connectivity index (χ4v) is 4.53. The second-order valence-corrected chi connectivity index (χ2v) is 8.11. The molecule has 2 aromatic rings. The maximum Gasteiger partial charge on any atom is 0.222 e. The highest BCUT2D eigenvalue weighted by Crippen LogP contribution is 2.41. The number of piperidine rings is 2. The summed E-state index contributed by atoms with van der Waals surface area (Å²) in [7, 11) is 0. The van der Waals surface area contributed by atoms with Crippen molar-refractivity contribution < 1.29 is 4.79 Å². The monoisotopic (exact) mass is 353 g/mol. The Hall–Kier alpha value is -2.24. The number of likely N-dealkylation sites (tertiary alicyclic amines) is 1. The van der Waals surface area contributed by atoms with Crippen LogP contribution in [0.2, 0.25) is 0 Å². The Balaban J connectivity index is 1.67. The molecule has 0 aromatic carbocycles. The van der Waals surface area contributed by atoms with Crippen LogP contribution in [0.25, 0.3) is 11.0 Å². The Labute approximate surface area is 154 Å². The molecule has 0 saturated carbocycles. The van der Waals surface area contributed by atoms with E-state index in [-0.39, 0.29) is 11.5 Å². The van der Waals surface area contributed by atoms with Crippen LogP contribution in [0.3, 0.4) is 0 Å². The molecule has 1 spiro atoms. The van der Waals surface area contributed by atoms with Gasteiger partial charge in [-0.05, 0) is 52.2 Å². The average Bonchev–Trinajstić information content (AvgIpc) is 2.63. The number of fused-ring (bicyclic) bond motifs is 1. The Morgan fingerprint density at radius 3 is 2.85 bits per heavy atom. The molecule has 4 heterocycles. The van der Waals surface area contributed by atoms with Crippen LogP contribution in [-0.4, -0.2) is 51.4 Å². The number of hydrogen-bond acceptors (Lipinski definition) is 5. The van der Waals surface area contributed by atoms with Gasteiger partial charge in [0.2, 0.25) is 5.91 Å². The van der Waals surface area contributed by atoms with Gasteiger partial charge < -0.3 is 9.80 Å². The van der Waals surface area contributed by atoms with Gasteiger partial charge in [-0.1, -0.05) is 0 Å². The lowest BCUT2D eigenvalue weighted by Gasteiger charge is -2.49. The van der Waals surface area contributed by atoms with E-state index in [1.807, 2.05) is 13.0 Å². The zero-order valence-corrected chi connectivity index (χ0v) is 15.9. The van der Waals surface area contributed by atoms with E-state index >= 15 is 0 Å². The van der Waals surface area contributed by atoms with Crippen molar-refractivity contribution in [3.63, 3.8) is 0 Å². The molecule has 26 heavy (non-hydrogen) atoms. The molecule has 2 aliphatic heterocycles. The number of pyridine rings is 1. The topological polar surface area (TPSA) is 62.2 Å². The van der Waals surface area contributed by atoms with E-state index in [0.717, 1.165) is 55.2 Å². The van der Waals surface area contributed by atoms with Gasteiger partial charge in [0.15, 0.2) is 5.65 Å². The molecule has 0 aliphatic carbocycles. The second kappa shape index (κ2) is 6.49. The van der Waals surface area contributed by atoms with E-state index in [9.17, 15) is 4.79 Å². The van der Waals surface area contributed by atoms with Gasteiger partial charge in [-0.15, -0.1) is 0 Å². The van der Waals surface area contributed by atoms with Crippen molar-refractivity contribution in [3.05, 3.63) is 24.2 Å². The summed E-state index contributed by atoms with van der Waals surface area (Å²) in [5, 5.41) is 1.02. The maximum absolute atomic E-state index is 12.3. The van der Waals surface area contributed by atoms with Crippen molar-refractivity contribution >= 4 is 22.8 Å². The van der Waals surface area contributed by atoms with Gasteiger partial charge in [0, 0.05) is 43.7 Å². The van der Waals surface area contributed by atoms with Gasteiger partial charge in [0.25, 0.3) is 0 Å². The molecule has 2 fully saturated rings. The van der Waals surface area contributed by atoms with Crippen molar-refractivity contribution in [3.8, 4) is 0 Å². The van der Waals surface area contributed by atoms with Crippen LogP contribution < -0.4 is 4.90 Å². The normalized spacial score (nSPS) is 24.1. The third-order valence-electron chi connectivity index (χ3n) is 5.84. The van der Waals surface area contributed by atoms with E-state index in [1.54, 1.807) is 6.20 Å². The number of hydrogen-bond donors (Lipinski definition) is 0. The van der Waals surface area contributed by atoms with Crippen LogP contribution in [0.15, 0.2) is 18.3 Å². The van der Waals surface area contributed by atoms with Gasteiger partial charge in [-0.25, -0.2) is 15.0 Å². The molecule has 1 amide bonds. The number of carbonyl (C=O) groups excluding carboxylic acids is 1. The molecule has 6 heteroatoms. The molecule has 6 nitrogen and oxygen atoms in total. The largest absolute Gasteiger partial charge is 0.355 e. The molecule has 0 radical (unpaired) electrons. The van der Waals surface area contributed by atoms with Crippen LogP contribution in [0.4, 0.5) is 5.82 Å². The molecule has 1 atom stereocenters. The highest BCUT2D eigenvalue weighted by Gasteiger charge is 2.42. The van der Waals surface area contributed by atoms with E-state index in [2.05, 4.69) is 39.7 Å². The lowest BCUT2D eigenvalue weighted by atomic mass is 9.73. The van der Waals surface area contributed by atoms with Crippen molar-refractivity contribution in [2.24, 2.45) is 5.41 Å². The van der Waals surface area contributed by atoms with Gasteiger partial charge in [0.1, 0.15) is 11.6 Å². The number of amides is 1. The van der Waals surface area contributed by atoms with Crippen LogP contribution in [0.5, 0.6) is 0 Å². The number of anilines is 1. The lowest BCUT2D eigenvalue weighted by Crippen LogP contribution is -2.55. The third-order valence-corrected chi connectivity index (χ3v) is 5.84. The number of rotatable bonds is 2. The number of aryl methyl sites for hydroxylation is 1. The third kappa shape index (κ3) is 3.02. The van der Waals surface area contributed by atoms with Gasteiger partial charge >= 0.3 is 0 Å². The molecule has 2 aromatic heterocycles. The fourth-order valence-electron chi connectivity index (χ4n) is 4.53. The van der Waals surface area contributed by atoms with Crippen LogP contribution in [-0.2, 0) is 4.79 Å². The van der Waals surface area contributed by atoms with Crippen LogP contribution in [0, 0.1) is 12.3 Å². The van der Waals surface area contributed by atoms with Gasteiger partial charge in [0.05, 0.1) is 5.39 Å². The first kappa shape index (κ1) is 17.2. The standard InChI is InChI=1S/C20H27N5O/c1-14(2)25-13-20(9-7-17(25)26)8-5-11-24(12-20)19-16-6-4-10-21-18(16)22-15(3)23-19/h4,6,10,14H,5,7-9,11-13H2,1-3H3. The van der Waals surface area contributed by atoms with Gasteiger partial charge in [-0.2, -0.15) is 0 Å². The Kier molecular flexibility index (Phi) is 4.29. The first-order valence-electron chi connectivity index (χ1n) is 9.61. The first-order chi connectivity index (χ1) is 12.5. The lowest BCUT2D eigenvalue weighted by molar-refractivity contribution is -0.140. The summed E-state index contributed by atoms with van der Waals surface area (Å²) in [5.74, 6) is 2.05. The number of aromatic nitrogens is 3. The zero-order valence-electron chi connectivity index (χ0n) is 15.9. The van der Waals surface area contributed by atoms with Crippen LogP contribution in [0.1, 0.15) is 45.4 Å². The number of nitrogens with zero attached hydrogens (tertiary/aromatic N) is 5. The molecule has 2 aliphatic rings. The highest BCUT2D eigenvalue weighted by atomic mass is 16.2.